The Kier molecular flexibility index (Phi) is 6.03. The van der Waals surface area contributed by atoms with E-state index in [9.17, 15) is 14.4 Å². The van der Waals surface area contributed by atoms with Crippen LogP contribution in [0.2, 0.25) is 0 Å². The van der Waals surface area contributed by atoms with Gasteiger partial charge >= 0.3 is 5.97 Å². The Morgan fingerprint density at radius 1 is 0.944 bits per heavy atom. The fourth-order valence-electron chi connectivity index (χ4n) is 3.83. The highest BCUT2D eigenvalue weighted by molar-refractivity contribution is 6.11. The van der Waals surface area contributed by atoms with Gasteiger partial charge in [-0.25, -0.2) is 4.79 Å². The Labute approximate surface area is 206 Å². The quantitative estimate of drug-likeness (QED) is 0.423. The maximum absolute atomic E-state index is 13.0. The maximum atomic E-state index is 13.0. The summed E-state index contributed by atoms with van der Waals surface area (Å²) in [5, 5.41) is 10.9. The van der Waals surface area contributed by atoms with E-state index in [1.54, 1.807) is 48.5 Å². The molecule has 0 bridgehead atoms. The van der Waals surface area contributed by atoms with Gasteiger partial charge in [-0.3, -0.25) is 14.5 Å². The zero-order valence-corrected chi connectivity index (χ0v) is 19.6. The summed E-state index contributed by atoms with van der Waals surface area (Å²) in [5.41, 5.74) is 3.92. The summed E-state index contributed by atoms with van der Waals surface area (Å²) >= 11 is 0. The summed E-state index contributed by atoms with van der Waals surface area (Å²) in [6.45, 7) is 3.33. The van der Waals surface area contributed by atoms with Crippen molar-refractivity contribution in [2.75, 3.05) is 16.8 Å². The number of hydrogen-bond acceptors (Lipinski definition) is 7. The largest absolute Gasteiger partial charge is 0.449 e. The van der Waals surface area contributed by atoms with Crippen molar-refractivity contribution < 1.29 is 23.5 Å². The third kappa shape index (κ3) is 4.58. The molecule has 0 radical (unpaired) electrons. The molecule has 3 aromatic carbocycles. The molecule has 2 heterocycles. The minimum absolute atomic E-state index is 0.152. The van der Waals surface area contributed by atoms with Crippen molar-refractivity contribution in [2.45, 2.75) is 20.0 Å². The number of esters is 1. The lowest BCUT2D eigenvalue weighted by molar-refractivity contribution is -0.128. The minimum atomic E-state index is -1.09. The second-order valence-corrected chi connectivity index (χ2v) is 8.39. The number of fused-ring (bicyclic) bond motifs is 1. The monoisotopic (exact) mass is 482 g/mol. The van der Waals surface area contributed by atoms with Crippen molar-refractivity contribution in [3.05, 3.63) is 83.9 Å². The molecule has 9 nitrogen and oxygen atoms in total. The number of ether oxygens (including phenoxy) is 1. The number of aryl methyl sites for hydroxylation is 1. The van der Waals surface area contributed by atoms with Gasteiger partial charge in [0.2, 0.25) is 17.7 Å². The average Bonchev–Trinajstić information content (AvgIpc) is 3.38. The van der Waals surface area contributed by atoms with Crippen molar-refractivity contribution in [3.8, 4) is 22.9 Å². The van der Waals surface area contributed by atoms with Crippen molar-refractivity contribution in [3.63, 3.8) is 0 Å². The van der Waals surface area contributed by atoms with E-state index in [1.807, 2.05) is 31.2 Å². The zero-order chi connectivity index (χ0) is 25.2. The molecule has 1 aromatic heterocycles. The van der Waals surface area contributed by atoms with Gasteiger partial charge < -0.3 is 14.5 Å². The van der Waals surface area contributed by atoms with E-state index in [0.29, 0.717) is 28.7 Å². The van der Waals surface area contributed by atoms with Gasteiger partial charge in [0.1, 0.15) is 6.54 Å². The van der Waals surface area contributed by atoms with Gasteiger partial charge in [-0.2, -0.15) is 0 Å². The Balaban J connectivity index is 1.26. The number of carbonyl (C=O) groups excluding carboxylic acids is 3. The lowest BCUT2D eigenvalue weighted by Crippen LogP contribution is -2.47. The van der Waals surface area contributed by atoms with E-state index in [2.05, 4.69) is 15.5 Å². The van der Waals surface area contributed by atoms with Crippen LogP contribution in [-0.4, -0.2) is 40.6 Å². The number of amides is 2. The number of nitrogens with zero attached hydrogens (tertiary/aromatic N) is 3. The van der Waals surface area contributed by atoms with E-state index < -0.39 is 18.0 Å². The first-order valence-electron chi connectivity index (χ1n) is 11.3. The van der Waals surface area contributed by atoms with Crippen molar-refractivity contribution in [1.82, 2.24) is 10.2 Å². The molecule has 1 aliphatic heterocycles. The van der Waals surface area contributed by atoms with Gasteiger partial charge in [-0.05, 0) is 62.4 Å². The van der Waals surface area contributed by atoms with Gasteiger partial charge in [-0.1, -0.05) is 29.8 Å². The molecule has 1 unspecified atom stereocenters. The molecule has 0 saturated carbocycles. The molecule has 1 aliphatic rings. The highest BCUT2D eigenvalue weighted by atomic mass is 16.5. The Hall–Kier alpha value is -4.79. The predicted octanol–water partition coefficient (Wildman–Crippen LogP) is 4.24. The second-order valence-electron chi connectivity index (χ2n) is 8.39. The smallest absolute Gasteiger partial charge is 0.338 e. The molecule has 1 N–H and O–H groups in total. The third-order valence-electron chi connectivity index (χ3n) is 5.76. The SMILES string of the molecule is Cc1ccc(-c2nnc(-c3ccc(C(=O)OC(C)C(=O)N4CC(=O)Nc5ccccc54)cc3)o2)cc1. The molecule has 4 aromatic rings. The van der Waals surface area contributed by atoms with Gasteiger partial charge in [0.25, 0.3) is 5.91 Å². The van der Waals surface area contributed by atoms with Crippen molar-refractivity contribution >= 4 is 29.2 Å². The van der Waals surface area contributed by atoms with Crippen molar-refractivity contribution in [1.29, 1.82) is 0 Å². The molecule has 0 aliphatic carbocycles. The van der Waals surface area contributed by atoms with E-state index in [1.165, 1.54) is 11.8 Å². The standard InChI is InChI=1S/C27H22N4O5/c1-16-7-9-18(10-8-16)24-29-30-25(36-24)19-11-13-20(14-12-19)27(34)35-17(2)26(33)31-15-23(32)28-21-5-3-4-6-22(21)31/h3-14,17H,15H2,1-2H3,(H,28,32). The van der Waals surface area contributed by atoms with Crippen molar-refractivity contribution in [2.24, 2.45) is 0 Å². The van der Waals surface area contributed by atoms with Crippen LogP contribution in [0.25, 0.3) is 22.9 Å². The van der Waals surface area contributed by atoms with Crippen LogP contribution >= 0.6 is 0 Å². The topological polar surface area (TPSA) is 115 Å². The molecule has 0 fully saturated rings. The number of para-hydroxylation sites is 2. The molecule has 180 valence electrons. The first-order valence-corrected chi connectivity index (χ1v) is 11.3. The first kappa shape index (κ1) is 23.0. The number of carbonyl (C=O) groups is 3. The summed E-state index contributed by atoms with van der Waals surface area (Å²) in [7, 11) is 0. The third-order valence-corrected chi connectivity index (χ3v) is 5.76. The molecule has 36 heavy (non-hydrogen) atoms. The molecular formula is C27H22N4O5. The van der Waals surface area contributed by atoms with Crippen LogP contribution < -0.4 is 10.2 Å². The van der Waals surface area contributed by atoms with Crippen LogP contribution in [0.3, 0.4) is 0 Å². The summed E-state index contributed by atoms with van der Waals surface area (Å²) in [6, 6.07) is 21.2. The van der Waals surface area contributed by atoms with Crippen LogP contribution in [0.1, 0.15) is 22.8 Å². The summed E-state index contributed by atoms with van der Waals surface area (Å²) < 4.78 is 11.2. The number of benzene rings is 3. The zero-order valence-electron chi connectivity index (χ0n) is 19.6. The molecule has 1 atom stereocenters. The van der Waals surface area contributed by atoms with Gasteiger partial charge in [0, 0.05) is 11.1 Å². The fraction of sp³-hybridized carbons (Fsp3) is 0.148. The molecule has 5 rings (SSSR count). The number of aromatic nitrogens is 2. The normalized spacial score (nSPS) is 13.5. The first-order chi connectivity index (χ1) is 17.4. The summed E-state index contributed by atoms with van der Waals surface area (Å²) in [5.74, 6) is -0.757. The predicted molar refractivity (Wildman–Crippen MR) is 132 cm³/mol. The molecule has 0 saturated heterocycles. The highest BCUT2D eigenvalue weighted by Crippen LogP contribution is 2.30. The molecule has 0 spiro atoms. The van der Waals surface area contributed by atoms with E-state index in [0.717, 1.165) is 11.1 Å². The van der Waals surface area contributed by atoms with Crippen LogP contribution in [0, 0.1) is 6.92 Å². The Bertz CT molecular complexity index is 1440. The number of nitrogens with one attached hydrogen (secondary N) is 1. The van der Waals surface area contributed by atoms with E-state index in [-0.39, 0.29) is 18.0 Å². The Morgan fingerprint density at radius 3 is 2.22 bits per heavy atom. The van der Waals surface area contributed by atoms with Crippen LogP contribution in [0.15, 0.2) is 77.2 Å². The minimum Gasteiger partial charge on any atom is -0.449 e. The maximum Gasteiger partial charge on any atom is 0.338 e. The van der Waals surface area contributed by atoms with Crippen LogP contribution in [-0.2, 0) is 14.3 Å². The molecule has 9 heteroatoms. The average molecular weight is 482 g/mol. The lowest BCUT2D eigenvalue weighted by Gasteiger charge is -2.30. The fourth-order valence-corrected chi connectivity index (χ4v) is 3.83. The van der Waals surface area contributed by atoms with Crippen LogP contribution in [0.5, 0.6) is 0 Å². The highest BCUT2D eigenvalue weighted by Gasteiger charge is 2.31. The van der Waals surface area contributed by atoms with E-state index >= 15 is 0 Å². The molecular weight excluding hydrogens is 460 g/mol. The second kappa shape index (κ2) is 9.46. The Morgan fingerprint density at radius 2 is 1.56 bits per heavy atom. The van der Waals surface area contributed by atoms with E-state index in [4.69, 9.17) is 9.15 Å². The number of anilines is 2. The lowest BCUT2D eigenvalue weighted by atomic mass is 10.1. The van der Waals surface area contributed by atoms with Gasteiger partial charge in [0.15, 0.2) is 6.10 Å². The van der Waals surface area contributed by atoms with Gasteiger partial charge in [0.05, 0.1) is 16.9 Å². The van der Waals surface area contributed by atoms with Crippen LogP contribution in [0.4, 0.5) is 11.4 Å². The number of hydrogen-bond donors (Lipinski definition) is 1. The van der Waals surface area contributed by atoms with Gasteiger partial charge in [-0.15, -0.1) is 10.2 Å². The number of rotatable bonds is 5. The summed E-state index contributed by atoms with van der Waals surface area (Å²) in [6.07, 6.45) is -1.09. The summed E-state index contributed by atoms with van der Waals surface area (Å²) in [4.78, 5) is 39.0. The molecule has 2 amide bonds.